The molecule has 10 heteroatoms. The van der Waals surface area contributed by atoms with Gasteiger partial charge < -0.3 is 33.5 Å². The molecule has 0 radical (unpaired) electrons. The Morgan fingerprint density at radius 3 is 2.31 bits per heavy atom. The summed E-state index contributed by atoms with van der Waals surface area (Å²) in [5.41, 5.74) is 3.52. The number of allylic oxidation sites excluding steroid dienone is 1. The number of aryl methyl sites for hydroxylation is 1. The Kier molecular flexibility index (Phi) is 7.57. The highest BCUT2D eigenvalue weighted by Crippen LogP contribution is 2.45. The van der Waals surface area contributed by atoms with Crippen molar-refractivity contribution in [1.82, 2.24) is 9.80 Å². The second kappa shape index (κ2) is 11.5. The molecule has 42 heavy (non-hydrogen) atoms. The molecule has 10 nitrogen and oxygen atoms in total. The monoisotopic (exact) mass is 574 g/mol. The van der Waals surface area contributed by atoms with Crippen LogP contribution in [0.25, 0.3) is 6.08 Å². The zero-order valence-electron chi connectivity index (χ0n) is 24.2. The first kappa shape index (κ1) is 27.7. The molecule has 1 fully saturated rings. The van der Waals surface area contributed by atoms with E-state index in [0.29, 0.717) is 51.8 Å². The lowest BCUT2D eigenvalue weighted by Gasteiger charge is -2.35. The molecule has 3 heterocycles. The van der Waals surface area contributed by atoms with Crippen LogP contribution in [0.2, 0.25) is 0 Å². The van der Waals surface area contributed by atoms with Gasteiger partial charge in [0.15, 0.2) is 28.8 Å². The lowest BCUT2D eigenvalue weighted by Crippen LogP contribution is -2.45. The van der Waals surface area contributed by atoms with Crippen LogP contribution in [0.1, 0.15) is 32.6 Å². The number of fused-ring (bicyclic) bond motifs is 2. The van der Waals surface area contributed by atoms with Crippen LogP contribution in [0, 0.1) is 6.92 Å². The summed E-state index contributed by atoms with van der Waals surface area (Å²) in [6.07, 6.45) is 1.64. The number of aromatic hydroxyl groups is 1. The highest BCUT2D eigenvalue weighted by atomic mass is 16.7. The highest BCUT2D eigenvalue weighted by Gasteiger charge is 2.34. The molecule has 0 bridgehead atoms. The largest absolute Gasteiger partial charge is 0.507 e. The fourth-order valence-electron chi connectivity index (χ4n) is 5.74. The van der Waals surface area contributed by atoms with E-state index in [1.54, 1.807) is 38.3 Å². The third-order valence-corrected chi connectivity index (χ3v) is 7.93. The summed E-state index contributed by atoms with van der Waals surface area (Å²) < 4.78 is 33.6. The fourth-order valence-corrected chi connectivity index (χ4v) is 5.74. The van der Waals surface area contributed by atoms with Crippen LogP contribution in [0.15, 0.2) is 42.2 Å². The molecule has 1 saturated heterocycles. The number of phenolic OH excluding ortho intramolecular Hbond substituents is 1. The number of rotatable bonds is 8. The number of ketones is 1. The number of hydrogen-bond donors (Lipinski definition) is 1. The van der Waals surface area contributed by atoms with Gasteiger partial charge in [0.1, 0.15) is 11.5 Å². The van der Waals surface area contributed by atoms with Gasteiger partial charge >= 0.3 is 0 Å². The second-order valence-electron chi connectivity index (χ2n) is 10.5. The Hall–Kier alpha value is -4.41. The van der Waals surface area contributed by atoms with Crippen molar-refractivity contribution in [3.63, 3.8) is 0 Å². The normalized spacial score (nSPS) is 17.3. The molecule has 3 aliphatic rings. The number of carbonyl (C=O) groups excluding carboxylic acids is 1. The number of phenols is 1. The summed E-state index contributed by atoms with van der Waals surface area (Å²) in [7, 11) is 4.60. The average Bonchev–Trinajstić information content (AvgIpc) is 3.59. The smallest absolute Gasteiger partial charge is 0.232 e. The van der Waals surface area contributed by atoms with Crippen molar-refractivity contribution < 1.29 is 38.3 Å². The molecule has 3 aromatic carbocycles. The maximum absolute atomic E-state index is 13.5. The van der Waals surface area contributed by atoms with Gasteiger partial charge in [-0.3, -0.25) is 14.6 Å². The van der Waals surface area contributed by atoms with Gasteiger partial charge in [0.25, 0.3) is 0 Å². The van der Waals surface area contributed by atoms with Gasteiger partial charge in [-0.15, -0.1) is 0 Å². The van der Waals surface area contributed by atoms with Crippen molar-refractivity contribution in [3.8, 4) is 40.2 Å². The number of carbonyl (C=O) groups is 1. The standard InChI is InChI=1S/C32H34N2O8/c1-19-13-23(35)22(17-34-11-9-33(10-12-34)16-20-5-7-24-26(14-20)41-18-40-24)31-28(19)29(36)27(42-31)15-21-6-8-25(37-2)32(39-4)30(21)38-3/h5-8,13-15,35H,9-12,16-18H2,1-4H3/b27-15-. The Balaban J connectivity index is 1.19. The van der Waals surface area contributed by atoms with Crippen LogP contribution in [-0.2, 0) is 13.1 Å². The van der Waals surface area contributed by atoms with E-state index in [4.69, 9.17) is 28.4 Å². The molecule has 0 unspecified atom stereocenters. The number of methoxy groups -OCH3 is 3. The quantitative estimate of drug-likeness (QED) is 0.390. The van der Waals surface area contributed by atoms with Crippen LogP contribution in [-0.4, -0.2) is 75.0 Å². The minimum Gasteiger partial charge on any atom is -0.507 e. The van der Waals surface area contributed by atoms with E-state index < -0.39 is 0 Å². The van der Waals surface area contributed by atoms with E-state index in [0.717, 1.165) is 44.2 Å². The number of nitrogens with zero attached hydrogens (tertiary/aromatic N) is 2. The van der Waals surface area contributed by atoms with Gasteiger partial charge in [-0.05, 0) is 54.5 Å². The highest BCUT2D eigenvalue weighted by molar-refractivity contribution is 6.16. The Morgan fingerprint density at radius 2 is 1.60 bits per heavy atom. The third-order valence-electron chi connectivity index (χ3n) is 7.93. The van der Waals surface area contributed by atoms with Crippen molar-refractivity contribution >= 4 is 11.9 Å². The van der Waals surface area contributed by atoms with E-state index in [1.807, 2.05) is 12.1 Å². The van der Waals surface area contributed by atoms with Gasteiger partial charge in [-0.1, -0.05) is 6.07 Å². The minimum absolute atomic E-state index is 0.117. The molecule has 0 saturated carbocycles. The number of Topliss-reactive ketones (excluding diaryl/α,β-unsaturated/α-hetero) is 1. The molecule has 0 atom stereocenters. The molecular weight excluding hydrogens is 540 g/mol. The SMILES string of the molecule is COc1ccc(/C=C2\Oc3c(CN4CCN(Cc5ccc6c(c5)OCO6)CC4)c(O)cc(C)c3C2=O)c(OC)c1OC. The fraction of sp³-hybridized carbons (Fsp3) is 0.344. The van der Waals surface area contributed by atoms with Gasteiger partial charge in [0.2, 0.25) is 18.3 Å². The zero-order valence-corrected chi connectivity index (χ0v) is 24.2. The van der Waals surface area contributed by atoms with Gasteiger partial charge in [-0.2, -0.15) is 0 Å². The van der Waals surface area contributed by atoms with Gasteiger partial charge in [0.05, 0.1) is 32.5 Å². The maximum Gasteiger partial charge on any atom is 0.232 e. The van der Waals surface area contributed by atoms with E-state index >= 15 is 0 Å². The summed E-state index contributed by atoms with van der Waals surface area (Å²) >= 11 is 0. The topological polar surface area (TPSA) is 99.2 Å². The Labute approximate surface area is 244 Å². The molecule has 6 rings (SSSR count). The van der Waals surface area contributed by atoms with Crippen LogP contribution in [0.3, 0.4) is 0 Å². The second-order valence-corrected chi connectivity index (χ2v) is 10.5. The van der Waals surface area contributed by atoms with Crippen molar-refractivity contribution in [2.24, 2.45) is 0 Å². The van der Waals surface area contributed by atoms with E-state index in [9.17, 15) is 9.90 Å². The lowest BCUT2D eigenvalue weighted by atomic mass is 9.99. The van der Waals surface area contributed by atoms with Crippen LogP contribution < -0.4 is 28.4 Å². The molecule has 3 aliphatic heterocycles. The summed E-state index contributed by atoms with van der Waals surface area (Å²) in [4.78, 5) is 18.2. The number of hydrogen-bond acceptors (Lipinski definition) is 10. The summed E-state index contributed by atoms with van der Waals surface area (Å²) in [6.45, 7) is 6.72. The van der Waals surface area contributed by atoms with Crippen molar-refractivity contribution in [2.45, 2.75) is 20.0 Å². The average molecular weight is 575 g/mol. The van der Waals surface area contributed by atoms with Crippen LogP contribution >= 0.6 is 0 Å². The summed E-state index contributed by atoms with van der Waals surface area (Å²) in [5.74, 6) is 3.38. The first-order valence-corrected chi connectivity index (χ1v) is 13.8. The molecule has 0 aromatic heterocycles. The zero-order chi connectivity index (χ0) is 29.4. The van der Waals surface area contributed by atoms with Gasteiger partial charge in [0, 0.05) is 44.8 Å². The van der Waals surface area contributed by atoms with Crippen molar-refractivity contribution in [2.75, 3.05) is 54.3 Å². The summed E-state index contributed by atoms with van der Waals surface area (Å²) in [5, 5.41) is 11.0. The van der Waals surface area contributed by atoms with Crippen LogP contribution in [0.5, 0.6) is 40.2 Å². The van der Waals surface area contributed by atoms with Crippen LogP contribution in [0.4, 0.5) is 0 Å². The summed E-state index contributed by atoms with van der Waals surface area (Å²) in [6, 6.07) is 11.2. The lowest BCUT2D eigenvalue weighted by molar-refractivity contribution is 0.101. The van der Waals surface area contributed by atoms with Gasteiger partial charge in [-0.25, -0.2) is 0 Å². The molecule has 1 N–H and O–H groups in total. The Morgan fingerprint density at radius 1 is 0.881 bits per heavy atom. The van der Waals surface area contributed by atoms with Crippen molar-refractivity contribution in [1.29, 1.82) is 0 Å². The first-order chi connectivity index (χ1) is 20.4. The number of benzene rings is 3. The maximum atomic E-state index is 13.5. The number of ether oxygens (including phenoxy) is 6. The number of piperazine rings is 1. The van der Waals surface area contributed by atoms with E-state index in [-0.39, 0.29) is 24.1 Å². The molecule has 0 amide bonds. The molecule has 3 aromatic rings. The Bertz CT molecular complexity index is 1560. The van der Waals surface area contributed by atoms with Crippen molar-refractivity contribution in [3.05, 3.63) is 70.0 Å². The molecule has 220 valence electrons. The minimum atomic E-state index is -0.242. The molecule has 0 spiro atoms. The molecule has 0 aliphatic carbocycles. The first-order valence-electron chi connectivity index (χ1n) is 13.8. The van der Waals surface area contributed by atoms with E-state index in [2.05, 4.69) is 15.9 Å². The predicted molar refractivity (Wildman–Crippen MR) is 155 cm³/mol. The van der Waals surface area contributed by atoms with E-state index in [1.165, 1.54) is 19.8 Å². The molecular formula is C32H34N2O8. The predicted octanol–water partition coefficient (Wildman–Crippen LogP) is 4.39. The third kappa shape index (κ3) is 5.08.